The molecule has 10 fully saturated rings. The van der Waals surface area contributed by atoms with E-state index in [1.807, 2.05) is 0 Å². The van der Waals surface area contributed by atoms with Gasteiger partial charge in [-0.15, -0.1) is 0 Å². The molecular weight excluding hydrogens is 670 g/mol. The summed E-state index contributed by atoms with van der Waals surface area (Å²) < 4.78 is 60.0. The second kappa shape index (κ2) is 14.3. The van der Waals surface area contributed by atoms with Crippen LogP contribution in [-0.2, 0) is 47.4 Å². The summed E-state index contributed by atoms with van der Waals surface area (Å²) in [5.41, 5.74) is 8.01. The summed E-state index contributed by atoms with van der Waals surface area (Å²) in [6.07, 6.45) is 4.85. The van der Waals surface area contributed by atoms with E-state index in [1.165, 1.54) is 0 Å². The van der Waals surface area contributed by atoms with E-state index >= 15 is 0 Å². The Hall–Kier alpha value is -1.29. The lowest BCUT2D eigenvalue weighted by Crippen LogP contribution is -2.61. The molecule has 10 heterocycles. The Morgan fingerprint density at radius 3 is 2.38 bits per heavy atom. The highest BCUT2D eigenvalue weighted by molar-refractivity contribution is 5.79. The molecule has 10 rings (SSSR count). The summed E-state index contributed by atoms with van der Waals surface area (Å²) in [5, 5.41) is 10.5. The highest BCUT2D eigenvalue weighted by atomic mass is 16.8. The average molecular weight is 730 g/mol. The van der Waals surface area contributed by atoms with E-state index in [-0.39, 0.29) is 122 Å². The van der Waals surface area contributed by atoms with E-state index in [0.717, 1.165) is 56.1 Å². The van der Waals surface area contributed by atoms with Gasteiger partial charge in [0, 0.05) is 58.1 Å². The molecule has 12 heteroatoms. The maximum atomic E-state index is 14.1. The topological polar surface area (TPSA) is 146 Å². The maximum Gasteiger partial charge on any atom is 0.172 e. The molecule has 19 atom stereocenters. The minimum Gasteiger partial charge on any atom is -0.392 e. The van der Waals surface area contributed by atoms with Gasteiger partial charge in [0.15, 0.2) is 5.79 Å². The van der Waals surface area contributed by atoms with Gasteiger partial charge in [0.1, 0.15) is 36.3 Å². The molecule has 52 heavy (non-hydrogen) atoms. The number of hydrogen-bond donors (Lipinski definition) is 2. The Morgan fingerprint density at radius 2 is 1.56 bits per heavy atom. The first-order chi connectivity index (χ1) is 25.1. The fourth-order valence-corrected chi connectivity index (χ4v) is 11.3. The van der Waals surface area contributed by atoms with E-state index in [0.29, 0.717) is 25.7 Å². The first-order valence-corrected chi connectivity index (χ1v) is 20.2. The molecule has 0 aromatic rings. The van der Waals surface area contributed by atoms with E-state index < -0.39 is 18.0 Å². The Balaban J connectivity index is 0.994. The van der Waals surface area contributed by atoms with Gasteiger partial charge < -0.3 is 53.5 Å². The number of hydrogen-bond acceptors (Lipinski definition) is 12. The Bertz CT molecular complexity index is 1380. The molecule has 10 aliphatic rings. The number of carbonyl (C=O) groups excluding carboxylic acids is 1. The van der Waals surface area contributed by atoms with Crippen molar-refractivity contribution >= 4 is 5.78 Å². The van der Waals surface area contributed by atoms with Crippen LogP contribution < -0.4 is 5.73 Å². The number of Topliss-reactive ketones (excluding diaryl/α,β-unsaturated/α-hetero) is 1. The normalized spacial score (nSPS) is 52.4. The van der Waals surface area contributed by atoms with Crippen molar-refractivity contribution in [1.82, 2.24) is 0 Å². The molecule has 1 unspecified atom stereocenters. The second-order valence-electron chi connectivity index (χ2n) is 17.4. The van der Waals surface area contributed by atoms with Crippen LogP contribution in [0.4, 0.5) is 0 Å². The smallest absolute Gasteiger partial charge is 0.172 e. The van der Waals surface area contributed by atoms with Crippen LogP contribution in [0, 0.1) is 11.8 Å². The number of ether oxygens (including phenoxy) is 9. The molecule has 10 saturated heterocycles. The third-order valence-electron chi connectivity index (χ3n) is 14.0. The van der Waals surface area contributed by atoms with Gasteiger partial charge in [-0.1, -0.05) is 20.1 Å². The van der Waals surface area contributed by atoms with Crippen LogP contribution in [0.15, 0.2) is 24.3 Å². The number of methoxy groups -OCH3 is 1. The van der Waals surface area contributed by atoms with Crippen molar-refractivity contribution in [2.24, 2.45) is 17.6 Å². The molecule has 1 spiro atoms. The van der Waals surface area contributed by atoms with Crippen molar-refractivity contribution in [2.75, 3.05) is 13.7 Å². The molecule has 0 aromatic carbocycles. The summed E-state index contributed by atoms with van der Waals surface area (Å²) in [6, 6.07) is 0. The molecule has 0 radical (unpaired) electrons. The van der Waals surface area contributed by atoms with Crippen molar-refractivity contribution in [3.05, 3.63) is 24.3 Å². The SMILES string of the molecule is C=C1C[C@@H]2CC[C@@]34C[C@H]5O[C@@H]6C(O[C@H]7CC[C@H](CC(=O)C[C@@H]8[C@@H](OC)[C@@H](C[C@H](O)CN)O[C@H]8C[C@H]8O[C@@H](CC[C@@H]1O2)C[C@@H](C)C8=C)O[C@@H]7[C@@H]6O3)[C@H]5O4. The third-order valence-corrected chi connectivity index (χ3v) is 14.0. The van der Waals surface area contributed by atoms with Gasteiger partial charge in [-0.05, 0) is 62.0 Å². The zero-order valence-corrected chi connectivity index (χ0v) is 30.8. The zero-order chi connectivity index (χ0) is 35.9. The van der Waals surface area contributed by atoms with Gasteiger partial charge in [-0.2, -0.15) is 0 Å². The Morgan fingerprint density at radius 1 is 0.808 bits per heavy atom. The number of carbonyl (C=O) groups is 1. The van der Waals surface area contributed by atoms with Crippen molar-refractivity contribution in [2.45, 2.75) is 194 Å². The van der Waals surface area contributed by atoms with Crippen LogP contribution in [0.3, 0.4) is 0 Å². The van der Waals surface area contributed by atoms with Crippen LogP contribution in [0.25, 0.3) is 0 Å². The number of aliphatic hydroxyl groups excluding tert-OH is 1. The number of fused-ring (bicyclic) bond motifs is 6. The van der Waals surface area contributed by atoms with Crippen LogP contribution in [-0.4, -0.2) is 128 Å². The number of ketones is 1. The van der Waals surface area contributed by atoms with Gasteiger partial charge in [-0.3, -0.25) is 4.79 Å². The minimum absolute atomic E-state index is 0.0158. The molecule has 12 bridgehead atoms. The van der Waals surface area contributed by atoms with Gasteiger partial charge in [0.05, 0.1) is 67.1 Å². The average Bonchev–Trinajstić information content (AvgIpc) is 3.79. The summed E-state index contributed by atoms with van der Waals surface area (Å²) in [4.78, 5) is 14.1. The highest BCUT2D eigenvalue weighted by Crippen LogP contribution is 2.54. The van der Waals surface area contributed by atoms with Crippen LogP contribution in [0.5, 0.6) is 0 Å². The summed E-state index contributed by atoms with van der Waals surface area (Å²) in [6.45, 7) is 11.3. The molecular formula is C40H59NO11. The quantitative estimate of drug-likeness (QED) is 0.409. The lowest BCUT2D eigenvalue weighted by Gasteiger charge is -2.47. The number of aliphatic hydroxyl groups is 1. The Labute approximate surface area is 307 Å². The van der Waals surface area contributed by atoms with Crippen LogP contribution in [0.1, 0.15) is 90.4 Å². The van der Waals surface area contributed by atoms with Gasteiger partial charge in [0.25, 0.3) is 0 Å². The van der Waals surface area contributed by atoms with Crippen molar-refractivity contribution in [3.8, 4) is 0 Å². The van der Waals surface area contributed by atoms with E-state index in [1.54, 1.807) is 7.11 Å². The van der Waals surface area contributed by atoms with Gasteiger partial charge in [0.2, 0.25) is 0 Å². The van der Waals surface area contributed by atoms with Crippen molar-refractivity contribution in [1.29, 1.82) is 0 Å². The number of nitrogens with two attached hydrogens (primary N) is 1. The van der Waals surface area contributed by atoms with Crippen LogP contribution in [0.2, 0.25) is 0 Å². The lowest BCUT2D eigenvalue weighted by molar-refractivity contribution is -0.292. The highest BCUT2D eigenvalue weighted by Gasteiger charge is 2.68. The standard InChI is InChI=1S/C40H59NO11/c1-19-11-24-5-7-28-20(2)12-26(45-28)9-10-40-17-33-36(51-40)37-38(50-33)39(52-40)35-29(49-37)8-6-25(47-35)13-22(42)14-27-31(16-30(46-24)21(19)3)48-32(34(27)44-4)15-23(43)18-41/h19,23-39,43H,2-3,5-18,41H2,1,4H3/t19-,23+,24+,25-,26+,27+,28+,29+,30-,31+,32-,33-,34-,35+,36+,37?,38-,39+,40+/m1/s1. The third kappa shape index (κ3) is 6.59. The first kappa shape index (κ1) is 36.4. The summed E-state index contributed by atoms with van der Waals surface area (Å²) in [5.74, 6) is -0.619. The summed E-state index contributed by atoms with van der Waals surface area (Å²) in [7, 11) is 1.66. The maximum absolute atomic E-state index is 14.1. The van der Waals surface area contributed by atoms with Crippen LogP contribution >= 0.6 is 0 Å². The largest absolute Gasteiger partial charge is 0.392 e. The second-order valence-corrected chi connectivity index (χ2v) is 17.4. The van der Waals surface area contributed by atoms with Crippen molar-refractivity contribution < 1.29 is 52.5 Å². The fourth-order valence-electron chi connectivity index (χ4n) is 11.3. The zero-order valence-electron chi connectivity index (χ0n) is 30.8. The number of rotatable bonds is 4. The van der Waals surface area contributed by atoms with Gasteiger partial charge >= 0.3 is 0 Å². The molecule has 3 N–H and O–H groups in total. The van der Waals surface area contributed by atoms with E-state index in [4.69, 9.17) is 48.4 Å². The molecule has 0 amide bonds. The molecule has 10 aliphatic heterocycles. The Kier molecular flexibility index (Phi) is 10.0. The monoisotopic (exact) mass is 729 g/mol. The molecule has 0 aromatic heterocycles. The first-order valence-electron chi connectivity index (χ1n) is 20.2. The molecule has 0 aliphatic carbocycles. The van der Waals surface area contributed by atoms with E-state index in [2.05, 4.69) is 20.1 Å². The minimum atomic E-state index is -0.780. The van der Waals surface area contributed by atoms with Crippen molar-refractivity contribution in [3.63, 3.8) is 0 Å². The predicted octanol–water partition coefficient (Wildman–Crippen LogP) is 3.44. The summed E-state index contributed by atoms with van der Waals surface area (Å²) >= 11 is 0. The molecule has 290 valence electrons. The predicted molar refractivity (Wildman–Crippen MR) is 186 cm³/mol. The fraction of sp³-hybridized carbons (Fsp3) is 0.875. The molecule has 12 nitrogen and oxygen atoms in total. The van der Waals surface area contributed by atoms with E-state index in [9.17, 15) is 9.90 Å². The van der Waals surface area contributed by atoms with Gasteiger partial charge in [-0.25, -0.2) is 0 Å². The molecule has 0 saturated carbocycles. The lowest BCUT2D eigenvalue weighted by atomic mass is 9.81.